The maximum atomic E-state index is 4.56. The Hall–Kier alpha value is -1.45. The number of aromatic nitrogens is 1. The van der Waals surface area contributed by atoms with E-state index in [1.807, 2.05) is 12.3 Å². The number of para-hydroxylation sites is 1. The first-order valence-corrected chi connectivity index (χ1v) is 6.93. The fraction of sp³-hybridized carbons (Fsp3) is 0.438. The normalized spacial score (nSPS) is 13.1. The van der Waals surface area contributed by atoms with Crippen LogP contribution in [0, 0.1) is 0 Å². The third-order valence-electron chi connectivity index (χ3n) is 3.20. The highest BCUT2D eigenvalue weighted by Crippen LogP contribution is 2.18. The maximum absolute atomic E-state index is 4.56. The molecule has 1 aromatic carbocycles. The predicted octanol–water partition coefficient (Wildman–Crippen LogP) is 2.84. The van der Waals surface area contributed by atoms with Crippen LogP contribution in [0.25, 0.3) is 10.9 Å². The van der Waals surface area contributed by atoms with Crippen molar-refractivity contribution in [3.63, 3.8) is 0 Å². The quantitative estimate of drug-likeness (QED) is 0.862. The Balaban J connectivity index is 2.26. The molecule has 0 aliphatic carbocycles. The molecule has 3 nitrogen and oxygen atoms in total. The summed E-state index contributed by atoms with van der Waals surface area (Å²) in [6.07, 6.45) is 3.14. The summed E-state index contributed by atoms with van der Waals surface area (Å²) in [6, 6.07) is 10.9. The zero-order valence-electron chi connectivity index (χ0n) is 12.1. The van der Waals surface area contributed by atoms with Crippen LogP contribution in [0.15, 0.2) is 36.5 Å². The number of nitrogens with zero attached hydrogens (tertiary/aromatic N) is 2. The van der Waals surface area contributed by atoms with E-state index in [4.69, 9.17) is 0 Å². The smallest absolute Gasteiger partial charge is 0.0702 e. The molecule has 0 radical (unpaired) electrons. The Morgan fingerprint density at radius 3 is 2.79 bits per heavy atom. The van der Waals surface area contributed by atoms with Crippen molar-refractivity contribution >= 4 is 10.9 Å². The first kappa shape index (κ1) is 14.0. The highest BCUT2D eigenvalue weighted by atomic mass is 15.1. The SMILES string of the molecule is CCCNC(CN(C)C)c1cnc2ccccc2c1. The van der Waals surface area contributed by atoms with Gasteiger partial charge >= 0.3 is 0 Å². The van der Waals surface area contributed by atoms with Crippen LogP contribution in [0.4, 0.5) is 0 Å². The molecule has 19 heavy (non-hydrogen) atoms. The molecule has 102 valence electrons. The zero-order chi connectivity index (χ0) is 13.7. The van der Waals surface area contributed by atoms with Crippen molar-refractivity contribution in [3.05, 3.63) is 42.1 Å². The molecule has 1 aromatic heterocycles. The van der Waals surface area contributed by atoms with E-state index in [0.717, 1.165) is 25.0 Å². The summed E-state index contributed by atoms with van der Waals surface area (Å²) in [6.45, 7) is 4.21. The van der Waals surface area contributed by atoms with Crippen molar-refractivity contribution in [2.45, 2.75) is 19.4 Å². The third-order valence-corrected chi connectivity index (χ3v) is 3.20. The van der Waals surface area contributed by atoms with E-state index in [2.05, 4.69) is 60.5 Å². The van der Waals surface area contributed by atoms with Gasteiger partial charge < -0.3 is 10.2 Å². The van der Waals surface area contributed by atoms with E-state index in [1.54, 1.807) is 0 Å². The molecule has 0 bridgehead atoms. The average Bonchev–Trinajstić information content (AvgIpc) is 2.42. The van der Waals surface area contributed by atoms with E-state index >= 15 is 0 Å². The second kappa shape index (κ2) is 6.64. The van der Waals surface area contributed by atoms with Crippen LogP contribution >= 0.6 is 0 Å². The summed E-state index contributed by atoms with van der Waals surface area (Å²) in [5.41, 5.74) is 2.33. The van der Waals surface area contributed by atoms with Crippen molar-refractivity contribution < 1.29 is 0 Å². The Morgan fingerprint density at radius 2 is 2.05 bits per heavy atom. The van der Waals surface area contributed by atoms with Crippen LogP contribution < -0.4 is 5.32 Å². The van der Waals surface area contributed by atoms with Gasteiger partial charge in [0.05, 0.1) is 5.52 Å². The van der Waals surface area contributed by atoms with Gasteiger partial charge in [-0.1, -0.05) is 25.1 Å². The van der Waals surface area contributed by atoms with Crippen LogP contribution in [0.2, 0.25) is 0 Å². The Labute approximate surface area is 115 Å². The lowest BCUT2D eigenvalue weighted by atomic mass is 10.1. The lowest BCUT2D eigenvalue weighted by molar-refractivity contribution is 0.342. The minimum atomic E-state index is 0.340. The standard InChI is InChI=1S/C16H23N3/c1-4-9-17-16(12-19(2)3)14-10-13-7-5-6-8-15(13)18-11-14/h5-8,10-11,16-17H,4,9,12H2,1-3H3. The molecule has 0 aliphatic heterocycles. The number of hydrogen-bond donors (Lipinski definition) is 1. The highest BCUT2D eigenvalue weighted by molar-refractivity contribution is 5.78. The van der Waals surface area contributed by atoms with E-state index in [9.17, 15) is 0 Å². The predicted molar refractivity (Wildman–Crippen MR) is 81.3 cm³/mol. The summed E-state index contributed by atoms with van der Waals surface area (Å²) in [7, 11) is 4.21. The topological polar surface area (TPSA) is 28.2 Å². The lowest BCUT2D eigenvalue weighted by Crippen LogP contribution is -2.31. The molecular weight excluding hydrogens is 234 g/mol. The summed E-state index contributed by atoms with van der Waals surface area (Å²) in [4.78, 5) is 6.77. The Bertz CT molecular complexity index is 522. The van der Waals surface area contributed by atoms with Gasteiger partial charge in [0.15, 0.2) is 0 Å². The molecule has 2 aromatic rings. The van der Waals surface area contributed by atoms with Crippen molar-refractivity contribution in [2.24, 2.45) is 0 Å². The van der Waals surface area contributed by atoms with Crippen LogP contribution in [-0.4, -0.2) is 37.1 Å². The zero-order valence-corrected chi connectivity index (χ0v) is 12.1. The molecule has 0 aliphatic rings. The van der Waals surface area contributed by atoms with Gasteiger partial charge in [0.25, 0.3) is 0 Å². The third kappa shape index (κ3) is 3.75. The van der Waals surface area contributed by atoms with E-state index in [0.29, 0.717) is 6.04 Å². The summed E-state index contributed by atoms with van der Waals surface area (Å²) >= 11 is 0. The summed E-state index contributed by atoms with van der Waals surface area (Å²) in [5, 5.41) is 4.81. The van der Waals surface area contributed by atoms with E-state index in [-0.39, 0.29) is 0 Å². The van der Waals surface area contributed by atoms with Gasteiger partial charge in [-0.2, -0.15) is 0 Å². The molecular formula is C16H23N3. The first-order chi connectivity index (χ1) is 9.20. The van der Waals surface area contributed by atoms with Crippen LogP contribution in [0.3, 0.4) is 0 Å². The molecule has 1 heterocycles. The molecule has 0 saturated carbocycles. The van der Waals surface area contributed by atoms with Gasteiger partial charge in [-0.25, -0.2) is 0 Å². The van der Waals surface area contributed by atoms with Gasteiger partial charge in [-0.05, 0) is 44.8 Å². The van der Waals surface area contributed by atoms with E-state index < -0.39 is 0 Å². The molecule has 3 heteroatoms. The Kier molecular flexibility index (Phi) is 4.88. The molecule has 1 unspecified atom stereocenters. The average molecular weight is 257 g/mol. The van der Waals surface area contributed by atoms with Crippen LogP contribution in [-0.2, 0) is 0 Å². The number of fused-ring (bicyclic) bond motifs is 1. The molecule has 0 spiro atoms. The fourth-order valence-electron chi connectivity index (χ4n) is 2.25. The molecule has 2 rings (SSSR count). The Morgan fingerprint density at radius 1 is 1.26 bits per heavy atom. The fourth-order valence-corrected chi connectivity index (χ4v) is 2.25. The molecule has 0 saturated heterocycles. The minimum absolute atomic E-state index is 0.340. The molecule has 0 amide bonds. The van der Waals surface area contributed by atoms with Crippen LogP contribution in [0.1, 0.15) is 24.9 Å². The molecule has 1 N–H and O–H groups in total. The van der Waals surface area contributed by atoms with Gasteiger partial charge in [0.1, 0.15) is 0 Å². The number of benzene rings is 1. The second-order valence-electron chi connectivity index (χ2n) is 5.23. The van der Waals surface area contributed by atoms with Crippen molar-refractivity contribution in [1.29, 1.82) is 0 Å². The number of nitrogens with one attached hydrogen (secondary N) is 1. The second-order valence-corrected chi connectivity index (χ2v) is 5.23. The number of rotatable bonds is 6. The number of pyridine rings is 1. The largest absolute Gasteiger partial charge is 0.309 e. The van der Waals surface area contributed by atoms with Gasteiger partial charge in [0, 0.05) is 24.2 Å². The van der Waals surface area contributed by atoms with Gasteiger partial charge in [0.2, 0.25) is 0 Å². The van der Waals surface area contributed by atoms with Crippen LogP contribution in [0.5, 0.6) is 0 Å². The van der Waals surface area contributed by atoms with Crippen molar-refractivity contribution in [3.8, 4) is 0 Å². The number of likely N-dealkylation sites (N-methyl/N-ethyl adjacent to an activating group) is 1. The summed E-state index contributed by atoms with van der Waals surface area (Å²) < 4.78 is 0. The summed E-state index contributed by atoms with van der Waals surface area (Å²) in [5.74, 6) is 0. The van der Waals surface area contributed by atoms with Gasteiger partial charge in [-0.15, -0.1) is 0 Å². The maximum Gasteiger partial charge on any atom is 0.0702 e. The molecule has 1 atom stereocenters. The lowest BCUT2D eigenvalue weighted by Gasteiger charge is -2.22. The minimum Gasteiger partial charge on any atom is -0.309 e. The van der Waals surface area contributed by atoms with Crippen molar-refractivity contribution in [1.82, 2.24) is 15.2 Å². The van der Waals surface area contributed by atoms with E-state index in [1.165, 1.54) is 10.9 Å². The van der Waals surface area contributed by atoms with Crippen molar-refractivity contribution in [2.75, 3.05) is 27.2 Å². The monoisotopic (exact) mass is 257 g/mol. The highest BCUT2D eigenvalue weighted by Gasteiger charge is 2.12. The number of hydrogen-bond acceptors (Lipinski definition) is 3. The van der Waals surface area contributed by atoms with Gasteiger partial charge in [-0.3, -0.25) is 4.98 Å². The first-order valence-electron chi connectivity index (χ1n) is 6.93. The molecule has 0 fully saturated rings.